The Kier molecular flexibility index (Phi) is 2.23. The van der Waals surface area contributed by atoms with Crippen molar-refractivity contribution >= 4 is 0 Å². The van der Waals surface area contributed by atoms with Crippen LogP contribution in [0.15, 0.2) is 12.3 Å². The molecule has 2 heteroatoms. The van der Waals surface area contributed by atoms with Gasteiger partial charge < -0.3 is 10.2 Å². The van der Waals surface area contributed by atoms with E-state index < -0.39 is 0 Å². The Morgan fingerprint density at radius 2 is 2.18 bits per heavy atom. The zero-order chi connectivity index (χ0) is 8.48. The van der Waals surface area contributed by atoms with Crippen molar-refractivity contribution < 1.29 is 0 Å². The third kappa shape index (κ3) is 1.74. The smallest absolute Gasteiger partial charge is 0.0297 e. The van der Waals surface area contributed by atoms with Gasteiger partial charge >= 0.3 is 0 Å². The van der Waals surface area contributed by atoms with E-state index in [4.69, 9.17) is 0 Å². The van der Waals surface area contributed by atoms with Crippen molar-refractivity contribution in [2.24, 2.45) is 5.41 Å². The van der Waals surface area contributed by atoms with Crippen LogP contribution in [0.5, 0.6) is 0 Å². The quantitative estimate of drug-likeness (QED) is 0.561. The van der Waals surface area contributed by atoms with Crippen molar-refractivity contribution in [2.45, 2.75) is 13.8 Å². The molecule has 2 nitrogen and oxygen atoms in total. The van der Waals surface area contributed by atoms with Crippen LogP contribution in [0.3, 0.4) is 0 Å². The Morgan fingerprint density at radius 3 is 2.82 bits per heavy atom. The average Bonchev–Trinajstić information content (AvgIpc) is 2.03. The van der Waals surface area contributed by atoms with Crippen molar-refractivity contribution in [1.29, 1.82) is 0 Å². The van der Waals surface area contributed by atoms with Gasteiger partial charge in [-0.2, -0.15) is 0 Å². The molecule has 0 aromatic carbocycles. The lowest BCUT2D eigenvalue weighted by atomic mass is 9.89. The van der Waals surface area contributed by atoms with Gasteiger partial charge in [0.05, 0.1) is 0 Å². The second-order valence-electron chi connectivity index (χ2n) is 3.93. The highest BCUT2D eigenvalue weighted by Crippen LogP contribution is 2.26. The van der Waals surface area contributed by atoms with Gasteiger partial charge in [-0.15, -0.1) is 0 Å². The minimum atomic E-state index is 0.214. The number of nitrogens with one attached hydrogen (secondary N) is 1. The minimum absolute atomic E-state index is 0.214. The molecule has 0 bridgehead atoms. The first kappa shape index (κ1) is 8.60. The van der Waals surface area contributed by atoms with Crippen molar-refractivity contribution in [3.63, 3.8) is 0 Å². The SMILES string of the molecule is C=C1N(C)CCNCC1(C)C. The Labute approximate surface area is 69.3 Å². The number of hydrogen-bond donors (Lipinski definition) is 1. The van der Waals surface area contributed by atoms with E-state index in [0.29, 0.717) is 0 Å². The Hall–Kier alpha value is -0.500. The summed E-state index contributed by atoms with van der Waals surface area (Å²) in [5, 5.41) is 3.40. The van der Waals surface area contributed by atoms with Crippen LogP contribution in [0.2, 0.25) is 0 Å². The second kappa shape index (κ2) is 2.86. The van der Waals surface area contributed by atoms with Crippen molar-refractivity contribution in [3.05, 3.63) is 12.3 Å². The predicted octanol–water partition coefficient (Wildman–Crippen LogP) is 1.06. The molecule has 11 heavy (non-hydrogen) atoms. The van der Waals surface area contributed by atoms with E-state index in [1.165, 1.54) is 5.70 Å². The summed E-state index contributed by atoms with van der Waals surface area (Å²) in [4.78, 5) is 2.24. The molecule has 0 aromatic rings. The zero-order valence-corrected chi connectivity index (χ0v) is 7.78. The van der Waals surface area contributed by atoms with E-state index in [9.17, 15) is 0 Å². The lowest BCUT2D eigenvalue weighted by molar-refractivity contribution is 0.331. The third-order valence-electron chi connectivity index (χ3n) is 2.43. The third-order valence-corrected chi connectivity index (χ3v) is 2.43. The van der Waals surface area contributed by atoms with Crippen LogP contribution in [0.1, 0.15) is 13.8 Å². The lowest BCUT2D eigenvalue weighted by Gasteiger charge is -2.30. The molecule has 0 spiro atoms. The normalized spacial score (nSPS) is 25.0. The fraction of sp³-hybridized carbons (Fsp3) is 0.778. The molecule has 0 atom stereocenters. The molecule has 1 saturated heterocycles. The summed E-state index contributed by atoms with van der Waals surface area (Å²) in [5.41, 5.74) is 1.45. The molecule has 1 aliphatic rings. The van der Waals surface area contributed by atoms with Crippen molar-refractivity contribution in [3.8, 4) is 0 Å². The molecular weight excluding hydrogens is 136 g/mol. The highest BCUT2D eigenvalue weighted by molar-refractivity contribution is 5.07. The highest BCUT2D eigenvalue weighted by Gasteiger charge is 2.26. The van der Waals surface area contributed by atoms with Crippen LogP contribution >= 0.6 is 0 Å². The Bertz CT molecular complexity index is 161. The lowest BCUT2D eigenvalue weighted by Crippen LogP contribution is -2.30. The van der Waals surface area contributed by atoms with Crippen LogP contribution in [-0.2, 0) is 0 Å². The van der Waals surface area contributed by atoms with E-state index in [1.54, 1.807) is 0 Å². The molecule has 64 valence electrons. The molecule has 0 unspecified atom stereocenters. The maximum absolute atomic E-state index is 4.09. The van der Waals surface area contributed by atoms with Gasteiger partial charge in [0.25, 0.3) is 0 Å². The maximum atomic E-state index is 4.09. The maximum Gasteiger partial charge on any atom is 0.0297 e. The molecule has 1 N–H and O–H groups in total. The summed E-state index contributed by atoms with van der Waals surface area (Å²) in [6, 6.07) is 0. The predicted molar refractivity (Wildman–Crippen MR) is 48.4 cm³/mol. The van der Waals surface area contributed by atoms with E-state index in [2.05, 4.69) is 37.7 Å². The number of likely N-dealkylation sites (N-methyl/N-ethyl adjacent to an activating group) is 1. The van der Waals surface area contributed by atoms with Crippen molar-refractivity contribution in [2.75, 3.05) is 26.7 Å². The summed E-state index contributed by atoms with van der Waals surface area (Å²) in [5.74, 6) is 0. The van der Waals surface area contributed by atoms with Gasteiger partial charge in [0, 0.05) is 37.8 Å². The van der Waals surface area contributed by atoms with E-state index in [0.717, 1.165) is 19.6 Å². The largest absolute Gasteiger partial charge is 0.377 e. The van der Waals surface area contributed by atoms with Crippen LogP contribution in [0.4, 0.5) is 0 Å². The first-order valence-electron chi connectivity index (χ1n) is 4.15. The zero-order valence-electron chi connectivity index (χ0n) is 7.78. The topological polar surface area (TPSA) is 15.3 Å². The molecule has 0 radical (unpaired) electrons. The summed E-state index contributed by atoms with van der Waals surface area (Å²) >= 11 is 0. The molecule has 0 amide bonds. The summed E-state index contributed by atoms with van der Waals surface area (Å²) in [7, 11) is 2.11. The molecular formula is C9H18N2. The van der Waals surface area contributed by atoms with Crippen LogP contribution in [0, 0.1) is 5.41 Å². The van der Waals surface area contributed by atoms with Gasteiger partial charge in [-0.1, -0.05) is 20.4 Å². The average molecular weight is 154 g/mol. The summed E-state index contributed by atoms with van der Waals surface area (Å²) in [6.45, 7) is 11.7. The van der Waals surface area contributed by atoms with E-state index in [1.807, 2.05) is 0 Å². The van der Waals surface area contributed by atoms with Crippen LogP contribution < -0.4 is 5.32 Å². The molecule has 1 heterocycles. The molecule has 0 saturated carbocycles. The standard InChI is InChI=1S/C9H18N2/c1-8-9(2,3)7-10-5-6-11(8)4/h10H,1,5-7H2,2-4H3. The van der Waals surface area contributed by atoms with Gasteiger partial charge in [-0.05, 0) is 0 Å². The first-order valence-corrected chi connectivity index (χ1v) is 4.15. The van der Waals surface area contributed by atoms with Gasteiger partial charge in [0.1, 0.15) is 0 Å². The van der Waals surface area contributed by atoms with Gasteiger partial charge in [-0.3, -0.25) is 0 Å². The monoisotopic (exact) mass is 154 g/mol. The van der Waals surface area contributed by atoms with Crippen LogP contribution in [0.25, 0.3) is 0 Å². The molecule has 1 aliphatic heterocycles. The van der Waals surface area contributed by atoms with Gasteiger partial charge in [0.15, 0.2) is 0 Å². The number of hydrogen-bond acceptors (Lipinski definition) is 2. The molecule has 0 aromatic heterocycles. The van der Waals surface area contributed by atoms with Crippen LogP contribution in [-0.4, -0.2) is 31.6 Å². The van der Waals surface area contributed by atoms with E-state index in [-0.39, 0.29) is 5.41 Å². The highest BCUT2D eigenvalue weighted by atomic mass is 15.2. The fourth-order valence-corrected chi connectivity index (χ4v) is 1.40. The van der Waals surface area contributed by atoms with Crippen molar-refractivity contribution in [1.82, 2.24) is 10.2 Å². The molecule has 1 rings (SSSR count). The number of nitrogens with zero attached hydrogens (tertiary/aromatic N) is 1. The Balaban J connectivity index is 2.73. The first-order chi connectivity index (χ1) is 5.04. The fourth-order valence-electron chi connectivity index (χ4n) is 1.40. The van der Waals surface area contributed by atoms with Gasteiger partial charge in [0.2, 0.25) is 0 Å². The Morgan fingerprint density at radius 1 is 1.55 bits per heavy atom. The number of rotatable bonds is 0. The second-order valence-corrected chi connectivity index (χ2v) is 3.93. The molecule has 1 fully saturated rings. The summed E-state index contributed by atoms with van der Waals surface area (Å²) in [6.07, 6.45) is 0. The van der Waals surface area contributed by atoms with Gasteiger partial charge in [-0.25, -0.2) is 0 Å². The molecule has 0 aliphatic carbocycles. The summed E-state index contributed by atoms with van der Waals surface area (Å²) < 4.78 is 0. The minimum Gasteiger partial charge on any atom is -0.377 e. The van der Waals surface area contributed by atoms with E-state index >= 15 is 0 Å².